The predicted molar refractivity (Wildman–Crippen MR) is 69.1 cm³/mol. The number of hydrogen-bond acceptors (Lipinski definition) is 5. The molecular formula is C13H21NO6. The number of carbonyl (C=O) groups is 3. The Morgan fingerprint density at radius 3 is 2.30 bits per heavy atom. The number of piperidine rings is 1. The highest BCUT2D eigenvalue weighted by Crippen LogP contribution is 2.26. The van der Waals surface area contributed by atoms with Gasteiger partial charge in [-0.15, -0.1) is 0 Å². The molecule has 0 aromatic rings. The lowest BCUT2D eigenvalue weighted by molar-refractivity contribution is -0.159. The van der Waals surface area contributed by atoms with Crippen LogP contribution in [0.1, 0.15) is 33.6 Å². The quantitative estimate of drug-likeness (QED) is 0.768. The predicted octanol–water partition coefficient (Wildman–Crippen LogP) is 1.26. The highest BCUT2D eigenvalue weighted by Gasteiger charge is 2.45. The first-order chi connectivity index (χ1) is 9.17. The number of carboxylic acid groups (broad SMARTS) is 1. The van der Waals surface area contributed by atoms with Crippen molar-refractivity contribution in [3.05, 3.63) is 0 Å². The Morgan fingerprint density at radius 2 is 1.85 bits per heavy atom. The summed E-state index contributed by atoms with van der Waals surface area (Å²) in [5.74, 6) is -2.82. The van der Waals surface area contributed by atoms with Crippen molar-refractivity contribution in [3.8, 4) is 0 Å². The topological polar surface area (TPSA) is 93.1 Å². The van der Waals surface area contributed by atoms with Crippen LogP contribution < -0.4 is 0 Å². The molecule has 1 amide bonds. The molecule has 1 aliphatic rings. The molecule has 2 atom stereocenters. The van der Waals surface area contributed by atoms with Crippen molar-refractivity contribution in [3.63, 3.8) is 0 Å². The molecule has 0 aromatic carbocycles. The van der Waals surface area contributed by atoms with Crippen LogP contribution in [-0.2, 0) is 19.1 Å². The molecule has 1 fully saturated rings. The lowest BCUT2D eigenvalue weighted by atomic mass is 9.89. The van der Waals surface area contributed by atoms with E-state index in [4.69, 9.17) is 4.74 Å². The molecule has 0 saturated carbocycles. The summed E-state index contributed by atoms with van der Waals surface area (Å²) in [5.41, 5.74) is -0.714. The van der Waals surface area contributed by atoms with Gasteiger partial charge < -0.3 is 14.6 Å². The maximum atomic E-state index is 12.1. The van der Waals surface area contributed by atoms with E-state index in [1.165, 1.54) is 7.11 Å². The molecule has 1 saturated heterocycles. The number of likely N-dealkylation sites (tertiary alicyclic amines) is 1. The second kappa shape index (κ2) is 6.11. The third kappa shape index (κ3) is 3.85. The maximum absolute atomic E-state index is 12.1. The van der Waals surface area contributed by atoms with E-state index in [1.807, 2.05) is 0 Å². The number of carboxylic acids is 1. The smallest absolute Gasteiger partial charge is 0.411 e. The standard InChI is InChI=1S/C13H21NO6/c1-13(2,3)20-12(18)14-7-5-6-8(10(15)16)9(14)11(17)19-4/h8-9H,5-7H2,1-4H3,(H,15,16)/t8-,9+/m1/s1. The summed E-state index contributed by atoms with van der Waals surface area (Å²) in [4.78, 5) is 36.3. The molecule has 1 N–H and O–H groups in total. The number of amides is 1. The minimum Gasteiger partial charge on any atom is -0.481 e. The minimum atomic E-state index is -1.14. The molecule has 0 aliphatic carbocycles. The van der Waals surface area contributed by atoms with Crippen LogP contribution in [0.5, 0.6) is 0 Å². The lowest BCUT2D eigenvalue weighted by Crippen LogP contribution is -2.56. The largest absolute Gasteiger partial charge is 0.481 e. The van der Waals surface area contributed by atoms with E-state index < -0.39 is 35.6 Å². The first-order valence-corrected chi connectivity index (χ1v) is 6.47. The monoisotopic (exact) mass is 287 g/mol. The second-order valence-electron chi connectivity index (χ2n) is 5.73. The van der Waals surface area contributed by atoms with Crippen LogP contribution in [0.2, 0.25) is 0 Å². The first kappa shape index (κ1) is 16.3. The van der Waals surface area contributed by atoms with E-state index in [0.29, 0.717) is 12.8 Å². The van der Waals surface area contributed by atoms with E-state index in [2.05, 4.69) is 4.74 Å². The summed E-state index contributed by atoms with van der Waals surface area (Å²) in [6.07, 6.45) is 0.136. The van der Waals surface area contributed by atoms with Crippen LogP contribution in [0, 0.1) is 5.92 Å². The van der Waals surface area contributed by atoms with Crippen LogP contribution in [0.4, 0.5) is 4.79 Å². The molecule has 0 aromatic heterocycles. The number of nitrogens with zero attached hydrogens (tertiary/aromatic N) is 1. The molecule has 20 heavy (non-hydrogen) atoms. The van der Waals surface area contributed by atoms with Crippen LogP contribution in [0.15, 0.2) is 0 Å². The molecule has 1 rings (SSSR count). The zero-order valence-electron chi connectivity index (χ0n) is 12.2. The number of carbonyl (C=O) groups excluding carboxylic acids is 2. The fourth-order valence-corrected chi connectivity index (χ4v) is 2.19. The number of aliphatic carboxylic acids is 1. The fourth-order valence-electron chi connectivity index (χ4n) is 2.19. The number of hydrogen-bond donors (Lipinski definition) is 1. The number of methoxy groups -OCH3 is 1. The van der Waals surface area contributed by atoms with Crippen molar-refractivity contribution < 1.29 is 29.0 Å². The van der Waals surface area contributed by atoms with Gasteiger partial charge in [0.25, 0.3) is 0 Å². The molecule has 1 heterocycles. The van der Waals surface area contributed by atoms with E-state index in [-0.39, 0.29) is 6.54 Å². The summed E-state index contributed by atoms with van der Waals surface area (Å²) in [6.45, 7) is 5.39. The summed E-state index contributed by atoms with van der Waals surface area (Å²) >= 11 is 0. The Labute approximate surface area is 117 Å². The molecular weight excluding hydrogens is 266 g/mol. The van der Waals surface area contributed by atoms with Gasteiger partial charge >= 0.3 is 18.0 Å². The van der Waals surface area contributed by atoms with Gasteiger partial charge in [0.15, 0.2) is 0 Å². The van der Waals surface area contributed by atoms with E-state index in [0.717, 1.165) is 4.90 Å². The summed E-state index contributed by atoms with van der Waals surface area (Å²) in [7, 11) is 1.17. The summed E-state index contributed by atoms with van der Waals surface area (Å²) in [6, 6.07) is -1.14. The van der Waals surface area contributed by atoms with Gasteiger partial charge in [-0.3, -0.25) is 9.69 Å². The van der Waals surface area contributed by atoms with Crippen LogP contribution >= 0.6 is 0 Å². The Bertz CT molecular complexity index is 400. The van der Waals surface area contributed by atoms with Crippen LogP contribution in [-0.4, -0.2) is 53.3 Å². The SMILES string of the molecule is COC(=O)[C@@H]1[C@H](C(=O)O)CCCN1C(=O)OC(C)(C)C. The molecule has 114 valence electrons. The van der Waals surface area contributed by atoms with Gasteiger partial charge in [-0.2, -0.15) is 0 Å². The van der Waals surface area contributed by atoms with E-state index >= 15 is 0 Å². The Hall–Kier alpha value is -1.79. The maximum Gasteiger partial charge on any atom is 0.411 e. The molecule has 0 unspecified atom stereocenters. The zero-order chi connectivity index (χ0) is 15.5. The van der Waals surface area contributed by atoms with Gasteiger partial charge in [0.1, 0.15) is 11.6 Å². The molecule has 0 bridgehead atoms. The fraction of sp³-hybridized carbons (Fsp3) is 0.769. The Balaban J connectivity index is 2.99. The normalized spacial score (nSPS) is 23.1. The number of esters is 1. The second-order valence-corrected chi connectivity index (χ2v) is 5.73. The Morgan fingerprint density at radius 1 is 1.25 bits per heavy atom. The van der Waals surface area contributed by atoms with Gasteiger partial charge in [-0.1, -0.05) is 0 Å². The van der Waals surface area contributed by atoms with Crippen molar-refractivity contribution in [1.29, 1.82) is 0 Å². The molecule has 1 aliphatic heterocycles. The van der Waals surface area contributed by atoms with E-state index in [1.54, 1.807) is 20.8 Å². The lowest BCUT2D eigenvalue weighted by Gasteiger charge is -2.38. The van der Waals surface area contributed by atoms with Crippen molar-refractivity contribution in [2.75, 3.05) is 13.7 Å². The van der Waals surface area contributed by atoms with Crippen molar-refractivity contribution >= 4 is 18.0 Å². The molecule has 7 nitrogen and oxygen atoms in total. The minimum absolute atomic E-state index is 0.276. The van der Waals surface area contributed by atoms with Crippen molar-refractivity contribution in [1.82, 2.24) is 4.90 Å². The third-order valence-electron chi connectivity index (χ3n) is 3.02. The highest BCUT2D eigenvalue weighted by molar-refractivity contribution is 5.87. The van der Waals surface area contributed by atoms with Gasteiger partial charge in [0, 0.05) is 6.54 Å². The van der Waals surface area contributed by atoms with Crippen molar-refractivity contribution in [2.45, 2.75) is 45.3 Å². The van der Waals surface area contributed by atoms with Gasteiger partial charge in [-0.05, 0) is 33.6 Å². The summed E-state index contributed by atoms with van der Waals surface area (Å²) in [5, 5.41) is 9.20. The highest BCUT2D eigenvalue weighted by atomic mass is 16.6. The Kier molecular flexibility index (Phi) is 4.97. The van der Waals surface area contributed by atoms with Gasteiger partial charge in [-0.25, -0.2) is 9.59 Å². The molecule has 0 radical (unpaired) electrons. The van der Waals surface area contributed by atoms with Gasteiger partial charge in [0.05, 0.1) is 13.0 Å². The van der Waals surface area contributed by atoms with Crippen molar-refractivity contribution in [2.24, 2.45) is 5.92 Å². The van der Waals surface area contributed by atoms with Crippen LogP contribution in [0.3, 0.4) is 0 Å². The van der Waals surface area contributed by atoms with E-state index in [9.17, 15) is 19.5 Å². The molecule has 0 spiro atoms. The average Bonchev–Trinajstić information content (AvgIpc) is 2.34. The number of rotatable bonds is 2. The molecule has 7 heteroatoms. The van der Waals surface area contributed by atoms with Crippen LogP contribution in [0.25, 0.3) is 0 Å². The summed E-state index contributed by atoms with van der Waals surface area (Å²) < 4.78 is 9.85. The first-order valence-electron chi connectivity index (χ1n) is 6.47. The average molecular weight is 287 g/mol. The third-order valence-corrected chi connectivity index (χ3v) is 3.02. The zero-order valence-corrected chi connectivity index (χ0v) is 12.2. The number of ether oxygens (including phenoxy) is 2. The van der Waals surface area contributed by atoms with Gasteiger partial charge in [0.2, 0.25) is 0 Å².